The van der Waals surface area contributed by atoms with Crippen LogP contribution in [-0.4, -0.2) is 87.3 Å². The number of methoxy groups -OCH3 is 1. The Morgan fingerprint density at radius 1 is 1.42 bits per heavy atom. The van der Waals surface area contributed by atoms with Gasteiger partial charge in [-0.25, -0.2) is 0 Å². The Morgan fingerprint density at radius 2 is 2.21 bits per heavy atom. The van der Waals surface area contributed by atoms with E-state index in [0.717, 1.165) is 6.54 Å². The van der Waals surface area contributed by atoms with Crippen LogP contribution < -0.4 is 5.32 Å². The molecule has 2 fully saturated rings. The molecule has 7 heteroatoms. The van der Waals surface area contributed by atoms with Crippen molar-refractivity contribution in [2.45, 2.75) is 12.1 Å². The zero-order valence-electron chi connectivity index (χ0n) is 11.4. The largest absolute Gasteiger partial charge is 0.375 e. The van der Waals surface area contributed by atoms with Gasteiger partial charge in [-0.1, -0.05) is 0 Å². The molecule has 0 bridgehead atoms. The Hall–Kier alpha value is -1.18. The third-order valence-electron chi connectivity index (χ3n) is 3.66. The number of rotatable bonds is 4. The summed E-state index contributed by atoms with van der Waals surface area (Å²) in [6, 6.07) is 0.104. The zero-order valence-corrected chi connectivity index (χ0v) is 11.4. The molecular formula is C12H21N3O4. The predicted octanol–water partition coefficient (Wildman–Crippen LogP) is -1.71. The quantitative estimate of drug-likeness (QED) is 0.659. The lowest BCUT2D eigenvalue weighted by molar-refractivity contribution is -0.134. The summed E-state index contributed by atoms with van der Waals surface area (Å²) in [6.07, 6.45) is -0.000729. The van der Waals surface area contributed by atoms with E-state index in [1.807, 2.05) is 0 Å². The molecule has 108 valence electrons. The summed E-state index contributed by atoms with van der Waals surface area (Å²) in [5.74, 6) is -0.0392. The van der Waals surface area contributed by atoms with E-state index in [4.69, 9.17) is 9.47 Å². The minimum atomic E-state index is -0.0274. The van der Waals surface area contributed by atoms with E-state index in [0.29, 0.717) is 26.2 Å². The van der Waals surface area contributed by atoms with Crippen LogP contribution in [0.2, 0.25) is 0 Å². The number of hydrogen-bond donors (Lipinski definition) is 1. The molecular weight excluding hydrogens is 250 g/mol. The van der Waals surface area contributed by atoms with Crippen molar-refractivity contribution < 1.29 is 19.1 Å². The molecule has 0 radical (unpaired) electrons. The Labute approximate surface area is 112 Å². The molecule has 2 atom stereocenters. The number of carbonyl (C=O) groups is 2. The van der Waals surface area contributed by atoms with Crippen molar-refractivity contribution in [2.75, 3.05) is 53.6 Å². The maximum atomic E-state index is 11.8. The van der Waals surface area contributed by atoms with Gasteiger partial charge in [-0.15, -0.1) is 0 Å². The minimum absolute atomic E-state index is 0.000729. The van der Waals surface area contributed by atoms with E-state index >= 15 is 0 Å². The smallest absolute Gasteiger partial charge is 0.248 e. The van der Waals surface area contributed by atoms with Crippen LogP contribution in [0.4, 0.5) is 0 Å². The zero-order chi connectivity index (χ0) is 13.8. The number of likely N-dealkylation sites (tertiary alicyclic amines) is 1. The van der Waals surface area contributed by atoms with E-state index < -0.39 is 0 Å². The van der Waals surface area contributed by atoms with Crippen molar-refractivity contribution in [3.63, 3.8) is 0 Å². The van der Waals surface area contributed by atoms with E-state index in [1.54, 1.807) is 11.9 Å². The first-order valence-corrected chi connectivity index (χ1v) is 6.48. The van der Waals surface area contributed by atoms with Gasteiger partial charge in [0.1, 0.15) is 6.61 Å². The number of nitrogens with zero attached hydrogens (tertiary/aromatic N) is 2. The monoisotopic (exact) mass is 271 g/mol. The first kappa shape index (κ1) is 14.2. The number of carbonyl (C=O) groups excluding carboxylic acids is 2. The molecule has 0 unspecified atom stereocenters. The highest BCUT2D eigenvalue weighted by Crippen LogP contribution is 2.22. The highest BCUT2D eigenvalue weighted by molar-refractivity contribution is 5.78. The Morgan fingerprint density at radius 3 is 2.89 bits per heavy atom. The highest BCUT2D eigenvalue weighted by atomic mass is 16.5. The first-order chi connectivity index (χ1) is 9.15. The molecule has 7 nitrogen and oxygen atoms in total. The second kappa shape index (κ2) is 6.31. The van der Waals surface area contributed by atoms with Gasteiger partial charge in [0.2, 0.25) is 11.8 Å². The third kappa shape index (κ3) is 3.23. The normalized spacial score (nSPS) is 27.2. The van der Waals surface area contributed by atoms with Crippen molar-refractivity contribution in [1.82, 2.24) is 15.1 Å². The van der Waals surface area contributed by atoms with Crippen molar-refractivity contribution >= 4 is 11.8 Å². The number of ether oxygens (including phenoxy) is 2. The van der Waals surface area contributed by atoms with Crippen LogP contribution in [0.1, 0.15) is 0 Å². The second-order valence-electron chi connectivity index (χ2n) is 4.85. The van der Waals surface area contributed by atoms with E-state index in [1.165, 1.54) is 7.11 Å². The number of fused-ring (bicyclic) bond motifs is 1. The van der Waals surface area contributed by atoms with E-state index in [-0.39, 0.29) is 30.6 Å². The molecule has 2 heterocycles. The van der Waals surface area contributed by atoms with Gasteiger partial charge in [0.25, 0.3) is 0 Å². The molecule has 0 saturated carbocycles. The second-order valence-corrected chi connectivity index (χ2v) is 4.85. The van der Waals surface area contributed by atoms with Gasteiger partial charge in [-0.05, 0) is 0 Å². The molecule has 2 rings (SSSR count). The van der Waals surface area contributed by atoms with E-state index in [9.17, 15) is 9.59 Å². The molecule has 0 aromatic rings. The van der Waals surface area contributed by atoms with Gasteiger partial charge in [-0.3, -0.25) is 14.5 Å². The average molecular weight is 271 g/mol. The van der Waals surface area contributed by atoms with Crippen LogP contribution in [0.15, 0.2) is 0 Å². The number of likely N-dealkylation sites (N-methyl/N-ethyl adjacent to an activating group) is 1. The minimum Gasteiger partial charge on any atom is -0.375 e. The van der Waals surface area contributed by atoms with Crippen LogP contribution in [0.3, 0.4) is 0 Å². The molecule has 2 amide bonds. The standard InChI is InChI=1S/C12H21N3O4/c1-13-11(16)7-14-3-4-19-10-6-15(5-9(10)14)12(17)8-18-2/h9-10H,3-8H2,1-2H3,(H,13,16)/t9-,10+/m1/s1. The molecule has 0 spiro atoms. The third-order valence-corrected chi connectivity index (χ3v) is 3.66. The van der Waals surface area contributed by atoms with Crippen LogP contribution >= 0.6 is 0 Å². The fourth-order valence-corrected chi connectivity index (χ4v) is 2.64. The fraction of sp³-hybridized carbons (Fsp3) is 0.833. The molecule has 0 aromatic carbocycles. The number of amides is 2. The maximum absolute atomic E-state index is 11.8. The average Bonchev–Trinajstić information content (AvgIpc) is 2.84. The topological polar surface area (TPSA) is 71.1 Å². The van der Waals surface area contributed by atoms with Gasteiger partial charge in [-0.2, -0.15) is 0 Å². The molecule has 19 heavy (non-hydrogen) atoms. The maximum Gasteiger partial charge on any atom is 0.248 e. The van der Waals surface area contributed by atoms with Crippen molar-refractivity contribution in [3.8, 4) is 0 Å². The van der Waals surface area contributed by atoms with Crippen LogP contribution in [0, 0.1) is 0 Å². The summed E-state index contributed by atoms with van der Waals surface area (Å²) in [7, 11) is 3.14. The highest BCUT2D eigenvalue weighted by Gasteiger charge is 2.41. The first-order valence-electron chi connectivity index (χ1n) is 6.48. The summed E-state index contributed by atoms with van der Waals surface area (Å²) in [5.41, 5.74) is 0. The number of nitrogens with one attached hydrogen (secondary N) is 1. The van der Waals surface area contributed by atoms with Crippen LogP contribution in [0.5, 0.6) is 0 Å². The molecule has 0 aromatic heterocycles. The lowest BCUT2D eigenvalue weighted by atomic mass is 10.1. The predicted molar refractivity (Wildman–Crippen MR) is 67.6 cm³/mol. The summed E-state index contributed by atoms with van der Waals surface area (Å²) in [5, 5.41) is 2.62. The Kier molecular flexibility index (Phi) is 4.73. The number of hydrogen-bond acceptors (Lipinski definition) is 5. The molecule has 2 aliphatic heterocycles. The molecule has 0 aliphatic carbocycles. The molecule has 1 N–H and O–H groups in total. The van der Waals surface area contributed by atoms with Gasteiger partial charge in [0.15, 0.2) is 0 Å². The Balaban J connectivity index is 1.96. The summed E-state index contributed by atoms with van der Waals surface area (Å²) < 4.78 is 10.6. The SMILES string of the molecule is CNC(=O)CN1CCO[C@H]2CN(C(=O)COC)C[C@H]21. The molecule has 2 saturated heterocycles. The van der Waals surface area contributed by atoms with Crippen LogP contribution in [-0.2, 0) is 19.1 Å². The molecule has 2 aliphatic rings. The Bertz CT molecular complexity index is 350. The summed E-state index contributed by atoms with van der Waals surface area (Å²) >= 11 is 0. The lowest BCUT2D eigenvalue weighted by Gasteiger charge is -2.35. The summed E-state index contributed by atoms with van der Waals surface area (Å²) in [6.45, 7) is 2.95. The van der Waals surface area contributed by atoms with Crippen molar-refractivity contribution in [1.29, 1.82) is 0 Å². The van der Waals surface area contributed by atoms with Crippen molar-refractivity contribution in [3.05, 3.63) is 0 Å². The van der Waals surface area contributed by atoms with Crippen molar-refractivity contribution in [2.24, 2.45) is 0 Å². The summed E-state index contributed by atoms with van der Waals surface area (Å²) in [4.78, 5) is 27.2. The fourth-order valence-electron chi connectivity index (χ4n) is 2.64. The number of morpholine rings is 1. The van der Waals surface area contributed by atoms with Gasteiger partial charge in [0, 0.05) is 33.8 Å². The van der Waals surface area contributed by atoms with Gasteiger partial charge in [0.05, 0.1) is 25.3 Å². The van der Waals surface area contributed by atoms with Crippen LogP contribution in [0.25, 0.3) is 0 Å². The van der Waals surface area contributed by atoms with E-state index in [2.05, 4.69) is 10.2 Å². The van der Waals surface area contributed by atoms with Gasteiger partial charge < -0.3 is 19.7 Å². The lowest BCUT2D eigenvalue weighted by Crippen LogP contribution is -2.53. The van der Waals surface area contributed by atoms with Gasteiger partial charge >= 0.3 is 0 Å².